The van der Waals surface area contributed by atoms with Crippen LogP contribution in [-0.2, 0) is 6.61 Å². The zero-order chi connectivity index (χ0) is 18.4. The lowest BCUT2D eigenvalue weighted by molar-refractivity contribution is 0.200. The SMILES string of the molecule is CCNC(=O)N1CCS[C@@H]1c1ccc(OC)c(OCc2ccccc2)c1. The normalized spacial score (nSPS) is 16.4. The summed E-state index contributed by atoms with van der Waals surface area (Å²) < 4.78 is 11.4. The molecular formula is C20H24N2O3S. The number of ether oxygens (including phenoxy) is 2. The minimum Gasteiger partial charge on any atom is -0.493 e. The second kappa shape index (κ2) is 8.85. The average Bonchev–Trinajstić information content (AvgIpc) is 3.17. The molecule has 0 aliphatic carbocycles. The maximum Gasteiger partial charge on any atom is 0.318 e. The van der Waals surface area contributed by atoms with E-state index in [1.165, 1.54) is 0 Å². The third-order valence-electron chi connectivity index (χ3n) is 4.19. The van der Waals surface area contributed by atoms with Crippen molar-refractivity contribution in [1.29, 1.82) is 0 Å². The van der Waals surface area contributed by atoms with Gasteiger partial charge in [0.15, 0.2) is 11.5 Å². The molecule has 26 heavy (non-hydrogen) atoms. The minimum atomic E-state index is -0.0231. The van der Waals surface area contributed by atoms with Gasteiger partial charge in [-0.15, -0.1) is 11.8 Å². The number of methoxy groups -OCH3 is 1. The summed E-state index contributed by atoms with van der Waals surface area (Å²) in [5.74, 6) is 2.31. The van der Waals surface area contributed by atoms with E-state index in [1.54, 1.807) is 18.9 Å². The lowest BCUT2D eigenvalue weighted by Crippen LogP contribution is -2.39. The predicted octanol–water partition coefficient (Wildman–Crippen LogP) is 4.05. The van der Waals surface area contributed by atoms with Gasteiger partial charge in [-0.3, -0.25) is 0 Å². The van der Waals surface area contributed by atoms with E-state index in [0.29, 0.717) is 24.7 Å². The number of carbonyl (C=O) groups excluding carboxylic acids is 1. The molecule has 138 valence electrons. The molecule has 0 spiro atoms. The van der Waals surface area contributed by atoms with Crippen molar-refractivity contribution in [3.05, 3.63) is 59.7 Å². The van der Waals surface area contributed by atoms with Crippen LogP contribution in [0.4, 0.5) is 4.79 Å². The monoisotopic (exact) mass is 372 g/mol. The smallest absolute Gasteiger partial charge is 0.318 e. The number of hydrogen-bond acceptors (Lipinski definition) is 4. The van der Waals surface area contributed by atoms with Crippen molar-refractivity contribution in [3.8, 4) is 11.5 Å². The van der Waals surface area contributed by atoms with E-state index in [4.69, 9.17) is 9.47 Å². The number of hydrogen-bond donors (Lipinski definition) is 1. The van der Waals surface area contributed by atoms with E-state index in [2.05, 4.69) is 5.32 Å². The molecule has 0 saturated carbocycles. The maximum absolute atomic E-state index is 12.3. The first-order valence-corrected chi connectivity index (χ1v) is 9.78. The van der Waals surface area contributed by atoms with Crippen LogP contribution in [0.5, 0.6) is 11.5 Å². The van der Waals surface area contributed by atoms with E-state index in [0.717, 1.165) is 23.4 Å². The highest BCUT2D eigenvalue weighted by atomic mass is 32.2. The highest BCUT2D eigenvalue weighted by Crippen LogP contribution is 2.41. The van der Waals surface area contributed by atoms with Gasteiger partial charge in [0, 0.05) is 18.8 Å². The van der Waals surface area contributed by atoms with Crippen LogP contribution in [0.15, 0.2) is 48.5 Å². The van der Waals surface area contributed by atoms with Gasteiger partial charge >= 0.3 is 6.03 Å². The lowest BCUT2D eigenvalue weighted by atomic mass is 10.1. The topological polar surface area (TPSA) is 50.8 Å². The quantitative estimate of drug-likeness (QED) is 0.831. The highest BCUT2D eigenvalue weighted by Gasteiger charge is 2.31. The minimum absolute atomic E-state index is 0.00784. The van der Waals surface area contributed by atoms with Crippen LogP contribution in [0.2, 0.25) is 0 Å². The van der Waals surface area contributed by atoms with Gasteiger partial charge in [-0.1, -0.05) is 36.4 Å². The Hall–Kier alpha value is -2.34. The number of thioether (sulfide) groups is 1. The maximum atomic E-state index is 12.3. The van der Waals surface area contributed by atoms with Crippen molar-refractivity contribution in [1.82, 2.24) is 10.2 Å². The van der Waals surface area contributed by atoms with Gasteiger partial charge < -0.3 is 19.7 Å². The number of nitrogens with zero attached hydrogens (tertiary/aromatic N) is 1. The van der Waals surface area contributed by atoms with Gasteiger partial charge in [0.2, 0.25) is 0 Å². The number of amides is 2. The molecule has 6 heteroatoms. The molecule has 2 aromatic carbocycles. The van der Waals surface area contributed by atoms with Crippen LogP contribution in [0, 0.1) is 0 Å². The van der Waals surface area contributed by atoms with Crippen LogP contribution in [0.1, 0.15) is 23.4 Å². The van der Waals surface area contributed by atoms with Crippen LogP contribution in [0.3, 0.4) is 0 Å². The third-order valence-corrected chi connectivity index (χ3v) is 5.45. The van der Waals surface area contributed by atoms with Crippen molar-refractivity contribution >= 4 is 17.8 Å². The molecule has 1 saturated heterocycles. The first-order valence-electron chi connectivity index (χ1n) is 8.73. The molecular weight excluding hydrogens is 348 g/mol. The Labute approximate surface area is 158 Å². The summed E-state index contributed by atoms with van der Waals surface area (Å²) in [5.41, 5.74) is 2.14. The van der Waals surface area contributed by atoms with E-state index in [-0.39, 0.29) is 11.4 Å². The van der Waals surface area contributed by atoms with Gasteiger partial charge in [0.25, 0.3) is 0 Å². The molecule has 1 heterocycles. The van der Waals surface area contributed by atoms with Crippen LogP contribution in [-0.4, -0.2) is 36.9 Å². The molecule has 5 nitrogen and oxygen atoms in total. The number of carbonyl (C=O) groups is 1. The standard InChI is InChI=1S/C20H24N2O3S/c1-3-21-20(23)22-11-12-26-19(22)16-9-10-17(24-2)18(13-16)25-14-15-7-5-4-6-8-15/h4-10,13,19H,3,11-12,14H2,1-2H3,(H,21,23)/t19-/m1/s1. The van der Waals surface area contributed by atoms with E-state index in [9.17, 15) is 4.79 Å². The molecule has 2 aromatic rings. The van der Waals surface area contributed by atoms with Gasteiger partial charge in [-0.25, -0.2) is 4.79 Å². The van der Waals surface area contributed by atoms with Crippen LogP contribution in [0.25, 0.3) is 0 Å². The summed E-state index contributed by atoms with van der Waals surface area (Å²) in [4.78, 5) is 14.2. The second-order valence-corrected chi connectivity index (χ2v) is 7.12. The number of nitrogens with one attached hydrogen (secondary N) is 1. The summed E-state index contributed by atoms with van der Waals surface area (Å²) >= 11 is 1.76. The predicted molar refractivity (Wildman–Crippen MR) is 105 cm³/mol. The fourth-order valence-electron chi connectivity index (χ4n) is 2.90. The largest absolute Gasteiger partial charge is 0.493 e. The molecule has 0 unspecified atom stereocenters. The zero-order valence-corrected chi connectivity index (χ0v) is 15.9. The molecule has 1 N–H and O–H groups in total. The van der Waals surface area contributed by atoms with Crippen LogP contribution >= 0.6 is 11.8 Å². The van der Waals surface area contributed by atoms with Crippen molar-refractivity contribution < 1.29 is 14.3 Å². The van der Waals surface area contributed by atoms with Crippen molar-refractivity contribution in [2.75, 3.05) is 26.0 Å². The Balaban J connectivity index is 1.79. The Morgan fingerprint density at radius 3 is 2.77 bits per heavy atom. The first-order chi connectivity index (χ1) is 12.7. The molecule has 1 atom stereocenters. The summed E-state index contributed by atoms with van der Waals surface area (Å²) in [6, 6.07) is 15.9. The molecule has 0 aromatic heterocycles. The highest BCUT2D eigenvalue weighted by molar-refractivity contribution is 7.99. The summed E-state index contributed by atoms with van der Waals surface area (Å²) in [7, 11) is 1.63. The Kier molecular flexibility index (Phi) is 6.28. The number of rotatable bonds is 6. The Morgan fingerprint density at radius 1 is 1.23 bits per heavy atom. The lowest BCUT2D eigenvalue weighted by Gasteiger charge is -2.25. The third kappa shape index (κ3) is 4.25. The van der Waals surface area contributed by atoms with E-state index >= 15 is 0 Å². The summed E-state index contributed by atoms with van der Waals surface area (Å²) in [5, 5.41) is 2.88. The Bertz CT molecular complexity index is 739. The van der Waals surface area contributed by atoms with Gasteiger partial charge in [-0.2, -0.15) is 0 Å². The zero-order valence-electron chi connectivity index (χ0n) is 15.1. The Morgan fingerprint density at radius 2 is 2.04 bits per heavy atom. The van der Waals surface area contributed by atoms with E-state index < -0.39 is 0 Å². The van der Waals surface area contributed by atoms with Gasteiger partial charge in [0.1, 0.15) is 12.0 Å². The fraction of sp³-hybridized carbons (Fsp3) is 0.350. The van der Waals surface area contributed by atoms with Gasteiger partial charge in [-0.05, 0) is 30.2 Å². The average molecular weight is 372 g/mol. The number of benzene rings is 2. The summed E-state index contributed by atoms with van der Waals surface area (Å²) in [6.45, 7) is 3.77. The van der Waals surface area contributed by atoms with Gasteiger partial charge in [0.05, 0.1) is 7.11 Å². The first kappa shape index (κ1) is 18.5. The van der Waals surface area contributed by atoms with Crippen molar-refractivity contribution in [2.24, 2.45) is 0 Å². The molecule has 1 aliphatic heterocycles. The number of urea groups is 1. The molecule has 0 bridgehead atoms. The van der Waals surface area contributed by atoms with Crippen molar-refractivity contribution in [3.63, 3.8) is 0 Å². The molecule has 1 aliphatic rings. The molecule has 2 amide bonds. The van der Waals surface area contributed by atoms with Crippen LogP contribution < -0.4 is 14.8 Å². The summed E-state index contributed by atoms with van der Waals surface area (Å²) in [6.07, 6.45) is 0. The van der Waals surface area contributed by atoms with E-state index in [1.807, 2.05) is 60.4 Å². The molecule has 0 radical (unpaired) electrons. The molecule has 1 fully saturated rings. The molecule has 3 rings (SSSR count). The second-order valence-electron chi connectivity index (χ2n) is 5.94. The van der Waals surface area contributed by atoms with Crippen molar-refractivity contribution in [2.45, 2.75) is 18.9 Å². The fourth-order valence-corrected chi connectivity index (χ4v) is 4.15.